The standard InChI is InChI=1S/C28H17Br2ClFNO3S/c29-22-10-16(11-23(30)26(22)36-15-19-6-3-5-17-4-1-2-7-21(17)19)12-25-27(34)33(28(35)37-25)14-18-8-9-20(32)13-24(18)31/h1-13H,14-15H2/b25-12-. The van der Waals surface area contributed by atoms with Crippen molar-refractivity contribution < 1.29 is 18.7 Å². The second-order valence-electron chi connectivity index (χ2n) is 8.24. The molecule has 1 fully saturated rings. The van der Waals surface area contributed by atoms with Crippen LogP contribution in [0.15, 0.2) is 86.6 Å². The van der Waals surface area contributed by atoms with Crippen LogP contribution in [0.2, 0.25) is 5.02 Å². The zero-order valence-electron chi connectivity index (χ0n) is 19.0. The highest BCUT2D eigenvalue weighted by Gasteiger charge is 2.35. The monoisotopic (exact) mass is 659 g/mol. The van der Waals surface area contributed by atoms with E-state index in [1.807, 2.05) is 36.4 Å². The summed E-state index contributed by atoms with van der Waals surface area (Å²) in [5, 5.41) is 2.03. The lowest BCUT2D eigenvalue weighted by atomic mass is 10.1. The largest absolute Gasteiger partial charge is 0.487 e. The number of carbonyl (C=O) groups is 2. The lowest BCUT2D eigenvalue weighted by molar-refractivity contribution is -0.123. The summed E-state index contributed by atoms with van der Waals surface area (Å²) in [6.07, 6.45) is 1.65. The molecule has 2 amide bonds. The van der Waals surface area contributed by atoms with Crippen LogP contribution in [0.25, 0.3) is 16.8 Å². The summed E-state index contributed by atoms with van der Waals surface area (Å²) in [6.45, 7) is 0.345. The Balaban J connectivity index is 1.34. The van der Waals surface area contributed by atoms with Crippen LogP contribution in [-0.2, 0) is 17.9 Å². The second-order valence-corrected chi connectivity index (χ2v) is 11.4. The fraction of sp³-hybridized carbons (Fsp3) is 0.0714. The van der Waals surface area contributed by atoms with E-state index in [2.05, 4.69) is 50.1 Å². The van der Waals surface area contributed by atoms with Gasteiger partial charge in [0.15, 0.2) is 0 Å². The molecule has 1 heterocycles. The van der Waals surface area contributed by atoms with Crippen molar-refractivity contribution in [3.8, 4) is 5.75 Å². The van der Waals surface area contributed by atoms with Gasteiger partial charge in [-0.15, -0.1) is 0 Å². The molecule has 0 aliphatic carbocycles. The van der Waals surface area contributed by atoms with Gasteiger partial charge in [-0.1, -0.05) is 60.1 Å². The molecule has 1 saturated heterocycles. The van der Waals surface area contributed by atoms with Gasteiger partial charge < -0.3 is 4.74 Å². The van der Waals surface area contributed by atoms with E-state index in [1.165, 1.54) is 12.1 Å². The molecule has 4 aromatic rings. The van der Waals surface area contributed by atoms with Crippen LogP contribution < -0.4 is 4.74 Å². The van der Waals surface area contributed by atoms with Crippen molar-refractivity contribution in [1.29, 1.82) is 0 Å². The van der Waals surface area contributed by atoms with Crippen LogP contribution in [0.1, 0.15) is 16.7 Å². The fourth-order valence-corrected chi connectivity index (χ4v) is 6.49. The summed E-state index contributed by atoms with van der Waals surface area (Å²) in [5.74, 6) is -0.286. The molecule has 0 N–H and O–H groups in total. The average molecular weight is 662 g/mol. The van der Waals surface area contributed by atoms with Crippen molar-refractivity contribution in [3.63, 3.8) is 0 Å². The van der Waals surface area contributed by atoms with Gasteiger partial charge in [-0.05, 0) is 101 Å². The van der Waals surface area contributed by atoms with Gasteiger partial charge in [0.1, 0.15) is 18.2 Å². The molecule has 0 saturated carbocycles. The first-order chi connectivity index (χ1) is 17.8. The van der Waals surface area contributed by atoms with Crippen molar-refractivity contribution >= 4 is 83.2 Å². The van der Waals surface area contributed by atoms with Crippen molar-refractivity contribution in [2.75, 3.05) is 0 Å². The number of nitrogens with zero attached hydrogens (tertiary/aromatic N) is 1. The molecule has 1 aliphatic heterocycles. The molecule has 0 radical (unpaired) electrons. The zero-order valence-corrected chi connectivity index (χ0v) is 23.8. The molecule has 0 aromatic heterocycles. The van der Waals surface area contributed by atoms with E-state index in [4.69, 9.17) is 16.3 Å². The molecular weight excluding hydrogens is 645 g/mol. The minimum absolute atomic E-state index is 0.0323. The van der Waals surface area contributed by atoms with Gasteiger partial charge in [0.25, 0.3) is 11.1 Å². The molecule has 186 valence electrons. The maximum Gasteiger partial charge on any atom is 0.293 e. The van der Waals surface area contributed by atoms with Crippen LogP contribution in [-0.4, -0.2) is 16.0 Å². The number of carbonyl (C=O) groups excluding carboxylic acids is 2. The van der Waals surface area contributed by atoms with Gasteiger partial charge in [0.05, 0.1) is 20.4 Å². The van der Waals surface area contributed by atoms with Crippen LogP contribution in [0.3, 0.4) is 0 Å². The third kappa shape index (κ3) is 5.62. The third-order valence-electron chi connectivity index (χ3n) is 5.79. The van der Waals surface area contributed by atoms with Gasteiger partial charge in [-0.25, -0.2) is 4.39 Å². The number of rotatable bonds is 6. The number of ether oxygens (including phenoxy) is 1. The second kappa shape index (κ2) is 11.0. The first-order valence-electron chi connectivity index (χ1n) is 11.1. The quantitative estimate of drug-likeness (QED) is 0.194. The summed E-state index contributed by atoms with van der Waals surface area (Å²) >= 11 is 14.1. The predicted octanol–water partition coefficient (Wildman–Crippen LogP) is 8.97. The van der Waals surface area contributed by atoms with Crippen molar-refractivity contribution in [1.82, 2.24) is 4.90 Å². The molecule has 9 heteroatoms. The molecule has 0 spiro atoms. The van der Waals surface area contributed by atoms with Crippen molar-refractivity contribution in [2.24, 2.45) is 0 Å². The molecule has 0 bridgehead atoms. The topological polar surface area (TPSA) is 46.6 Å². The van der Waals surface area contributed by atoms with E-state index in [-0.39, 0.29) is 16.5 Å². The summed E-state index contributed by atoms with van der Waals surface area (Å²) in [6, 6.07) is 21.8. The fourth-order valence-electron chi connectivity index (χ4n) is 3.98. The molecule has 37 heavy (non-hydrogen) atoms. The summed E-state index contributed by atoms with van der Waals surface area (Å²) in [5.41, 5.74) is 2.27. The first kappa shape index (κ1) is 26.0. The number of hydrogen-bond acceptors (Lipinski definition) is 4. The Morgan fingerprint density at radius 3 is 2.43 bits per heavy atom. The third-order valence-corrected chi connectivity index (χ3v) is 8.22. The number of benzene rings is 4. The van der Waals surface area contributed by atoms with Crippen molar-refractivity contribution in [2.45, 2.75) is 13.2 Å². The Bertz CT molecular complexity index is 1560. The Morgan fingerprint density at radius 1 is 0.946 bits per heavy atom. The number of thioether (sulfide) groups is 1. The maximum atomic E-state index is 13.3. The van der Waals surface area contributed by atoms with E-state index in [1.54, 1.807) is 6.08 Å². The van der Waals surface area contributed by atoms with Crippen LogP contribution >= 0.6 is 55.2 Å². The van der Waals surface area contributed by atoms with E-state index in [9.17, 15) is 14.0 Å². The van der Waals surface area contributed by atoms with E-state index in [0.29, 0.717) is 32.4 Å². The van der Waals surface area contributed by atoms with Gasteiger partial charge >= 0.3 is 0 Å². The number of amides is 2. The summed E-state index contributed by atoms with van der Waals surface area (Å²) < 4.78 is 20.9. The number of fused-ring (bicyclic) bond motifs is 1. The highest BCUT2D eigenvalue weighted by molar-refractivity contribution is 9.11. The van der Waals surface area contributed by atoms with Gasteiger partial charge in [-0.3, -0.25) is 14.5 Å². The highest BCUT2D eigenvalue weighted by atomic mass is 79.9. The molecule has 0 atom stereocenters. The lowest BCUT2D eigenvalue weighted by Crippen LogP contribution is -2.27. The minimum Gasteiger partial charge on any atom is -0.487 e. The number of imide groups is 1. The lowest BCUT2D eigenvalue weighted by Gasteiger charge is -2.14. The van der Waals surface area contributed by atoms with E-state index >= 15 is 0 Å². The van der Waals surface area contributed by atoms with Gasteiger partial charge in [-0.2, -0.15) is 0 Å². The maximum absolute atomic E-state index is 13.3. The molecular formula is C28H17Br2ClFNO3S. The van der Waals surface area contributed by atoms with Crippen LogP contribution in [0.5, 0.6) is 5.75 Å². The highest BCUT2D eigenvalue weighted by Crippen LogP contribution is 2.39. The smallest absolute Gasteiger partial charge is 0.293 e. The van der Waals surface area contributed by atoms with E-state index < -0.39 is 17.0 Å². The number of hydrogen-bond donors (Lipinski definition) is 0. The van der Waals surface area contributed by atoms with Crippen LogP contribution in [0.4, 0.5) is 9.18 Å². The van der Waals surface area contributed by atoms with Gasteiger partial charge in [0.2, 0.25) is 0 Å². The molecule has 1 aliphatic rings. The SMILES string of the molecule is O=C1S/C(=C\c2cc(Br)c(OCc3cccc4ccccc34)c(Br)c2)C(=O)N1Cc1ccc(F)cc1Cl. The van der Waals surface area contributed by atoms with Crippen molar-refractivity contribution in [3.05, 3.63) is 114 Å². The Kier molecular flexibility index (Phi) is 7.72. The minimum atomic E-state index is -0.483. The Morgan fingerprint density at radius 2 is 1.68 bits per heavy atom. The Labute approximate surface area is 238 Å². The summed E-state index contributed by atoms with van der Waals surface area (Å²) in [4.78, 5) is 26.9. The van der Waals surface area contributed by atoms with E-state index in [0.717, 1.165) is 39.1 Å². The average Bonchev–Trinajstić information content (AvgIpc) is 3.12. The van der Waals surface area contributed by atoms with Crippen LogP contribution in [0, 0.1) is 5.82 Å². The molecule has 4 nitrogen and oxygen atoms in total. The molecule has 5 rings (SSSR count). The zero-order chi connectivity index (χ0) is 26.1. The predicted molar refractivity (Wildman–Crippen MR) is 153 cm³/mol. The normalized spacial score (nSPS) is 14.7. The molecule has 4 aromatic carbocycles. The van der Waals surface area contributed by atoms with Gasteiger partial charge in [0, 0.05) is 5.02 Å². The first-order valence-corrected chi connectivity index (χ1v) is 13.9. The summed E-state index contributed by atoms with van der Waals surface area (Å²) in [7, 11) is 0. The molecule has 0 unspecified atom stereocenters. The number of halogens is 4. The Hall–Kier alpha value is -2.65.